The zero-order valence-corrected chi connectivity index (χ0v) is 18.5. The van der Waals surface area contributed by atoms with E-state index >= 15 is 0 Å². The van der Waals surface area contributed by atoms with Crippen LogP contribution in [0, 0.1) is 13.8 Å². The van der Waals surface area contributed by atoms with Gasteiger partial charge in [-0.25, -0.2) is 0 Å². The fourth-order valence-electron chi connectivity index (χ4n) is 3.92. The van der Waals surface area contributed by atoms with Gasteiger partial charge in [0.1, 0.15) is 6.04 Å². The number of carbonyl (C=O) groups excluding carboxylic acids is 3. The molecule has 1 aliphatic heterocycles. The molecule has 0 aliphatic carbocycles. The highest BCUT2D eigenvalue weighted by Gasteiger charge is 2.27. The molecule has 6 nitrogen and oxygen atoms in total. The van der Waals surface area contributed by atoms with E-state index in [1.807, 2.05) is 67.3 Å². The van der Waals surface area contributed by atoms with Crippen molar-refractivity contribution in [2.24, 2.45) is 0 Å². The molecule has 1 fully saturated rings. The van der Waals surface area contributed by atoms with Crippen molar-refractivity contribution in [3.05, 3.63) is 70.8 Å². The monoisotopic (exact) mass is 421 g/mol. The van der Waals surface area contributed by atoms with Crippen molar-refractivity contribution in [3.63, 3.8) is 0 Å². The maximum absolute atomic E-state index is 12.9. The lowest BCUT2D eigenvalue weighted by Gasteiger charge is -2.33. The van der Waals surface area contributed by atoms with Crippen LogP contribution in [-0.2, 0) is 16.0 Å². The molecule has 2 aromatic rings. The molecule has 0 unspecified atom stereocenters. The van der Waals surface area contributed by atoms with Crippen molar-refractivity contribution in [1.82, 2.24) is 15.5 Å². The van der Waals surface area contributed by atoms with E-state index in [-0.39, 0.29) is 23.8 Å². The third-order valence-electron chi connectivity index (χ3n) is 5.81. The van der Waals surface area contributed by atoms with Gasteiger partial charge < -0.3 is 15.5 Å². The largest absolute Gasteiger partial charge is 0.351 e. The smallest absolute Gasteiger partial charge is 0.253 e. The molecule has 6 heteroatoms. The number of amides is 3. The molecule has 2 aromatic carbocycles. The molecule has 1 saturated heterocycles. The minimum absolute atomic E-state index is 0.0114. The molecule has 1 aliphatic rings. The van der Waals surface area contributed by atoms with Crippen LogP contribution in [0.3, 0.4) is 0 Å². The second-order valence-corrected chi connectivity index (χ2v) is 8.32. The van der Waals surface area contributed by atoms with Crippen molar-refractivity contribution in [2.45, 2.75) is 52.1 Å². The number of rotatable bonds is 6. The average Bonchev–Trinajstić information content (AvgIpc) is 2.75. The Balaban J connectivity index is 1.56. The topological polar surface area (TPSA) is 78.5 Å². The summed E-state index contributed by atoms with van der Waals surface area (Å²) in [4.78, 5) is 39.1. The van der Waals surface area contributed by atoms with E-state index in [2.05, 4.69) is 10.6 Å². The van der Waals surface area contributed by atoms with Gasteiger partial charge >= 0.3 is 0 Å². The first kappa shape index (κ1) is 22.5. The fraction of sp³-hybridized carbons (Fsp3) is 0.400. The number of hydrogen-bond acceptors (Lipinski definition) is 3. The molecule has 164 valence electrons. The third-order valence-corrected chi connectivity index (χ3v) is 5.81. The Hall–Kier alpha value is -3.15. The molecule has 31 heavy (non-hydrogen) atoms. The van der Waals surface area contributed by atoms with Crippen LogP contribution in [0.5, 0.6) is 0 Å². The number of nitrogens with one attached hydrogen (secondary N) is 2. The molecule has 2 N–H and O–H groups in total. The van der Waals surface area contributed by atoms with E-state index in [1.54, 1.807) is 0 Å². The molecule has 0 aromatic heterocycles. The van der Waals surface area contributed by atoms with Crippen LogP contribution in [-0.4, -0.2) is 47.8 Å². The molecular weight excluding hydrogens is 390 g/mol. The number of carbonyl (C=O) groups is 3. The maximum Gasteiger partial charge on any atom is 0.253 e. The van der Waals surface area contributed by atoms with Crippen LogP contribution in [0.4, 0.5) is 0 Å². The number of likely N-dealkylation sites (tertiary alicyclic amines) is 1. The van der Waals surface area contributed by atoms with Crippen molar-refractivity contribution >= 4 is 17.7 Å². The summed E-state index contributed by atoms with van der Waals surface area (Å²) in [6.45, 7) is 6.61. The van der Waals surface area contributed by atoms with Gasteiger partial charge in [0.05, 0.1) is 0 Å². The van der Waals surface area contributed by atoms with Crippen LogP contribution in [0.2, 0.25) is 0 Å². The summed E-state index contributed by atoms with van der Waals surface area (Å²) in [5.41, 5.74) is 3.94. The van der Waals surface area contributed by atoms with E-state index in [9.17, 15) is 14.4 Å². The van der Waals surface area contributed by atoms with Crippen LogP contribution < -0.4 is 10.6 Å². The fourth-order valence-corrected chi connectivity index (χ4v) is 3.92. The average molecular weight is 422 g/mol. The predicted octanol–water partition coefficient (Wildman–Crippen LogP) is 2.77. The zero-order chi connectivity index (χ0) is 22.4. The second kappa shape index (κ2) is 10.2. The van der Waals surface area contributed by atoms with Crippen LogP contribution in [0.25, 0.3) is 0 Å². The number of nitrogens with zero attached hydrogens (tertiary/aromatic N) is 1. The first-order valence-corrected chi connectivity index (χ1v) is 10.8. The lowest BCUT2D eigenvalue weighted by Crippen LogP contribution is -2.53. The van der Waals surface area contributed by atoms with E-state index in [1.165, 1.54) is 6.92 Å². The molecule has 0 bridgehead atoms. The van der Waals surface area contributed by atoms with E-state index < -0.39 is 6.04 Å². The number of piperidine rings is 1. The second-order valence-electron chi connectivity index (χ2n) is 8.32. The molecular formula is C25H31N3O3. The summed E-state index contributed by atoms with van der Waals surface area (Å²) in [6.07, 6.45) is 1.84. The van der Waals surface area contributed by atoms with Crippen molar-refractivity contribution in [2.75, 3.05) is 13.1 Å². The summed E-state index contributed by atoms with van der Waals surface area (Å²) in [7, 11) is 0. The zero-order valence-electron chi connectivity index (χ0n) is 18.5. The summed E-state index contributed by atoms with van der Waals surface area (Å²) in [6, 6.07) is 14.8. The summed E-state index contributed by atoms with van der Waals surface area (Å²) in [5.74, 6) is -0.380. The highest BCUT2D eigenvalue weighted by atomic mass is 16.2. The van der Waals surface area contributed by atoms with Gasteiger partial charge in [0, 0.05) is 38.0 Å². The standard InChI is InChI=1S/C25H31N3O3/c1-17-8-10-20(11-9-17)25(31)28-14-12-22(13-15-28)27-24(30)23(26-19(3)29)16-21-7-5-4-6-18(21)2/h4-11,22-23H,12-16H2,1-3H3,(H,26,29)(H,27,30)/t23-/m0/s1. The number of aryl methyl sites for hydroxylation is 2. The minimum atomic E-state index is -0.620. The van der Waals surface area contributed by atoms with Crippen LogP contribution in [0.1, 0.15) is 46.8 Å². The normalized spacial score (nSPS) is 15.3. The van der Waals surface area contributed by atoms with Gasteiger partial charge in [0.25, 0.3) is 5.91 Å². The van der Waals surface area contributed by atoms with Gasteiger partial charge in [-0.3, -0.25) is 14.4 Å². The van der Waals surface area contributed by atoms with Crippen LogP contribution >= 0.6 is 0 Å². The third kappa shape index (κ3) is 6.17. The molecule has 0 spiro atoms. The highest BCUT2D eigenvalue weighted by molar-refractivity contribution is 5.94. The molecule has 3 amide bonds. The van der Waals surface area contributed by atoms with Gasteiger partial charge in [-0.15, -0.1) is 0 Å². The summed E-state index contributed by atoms with van der Waals surface area (Å²) >= 11 is 0. The number of hydrogen-bond donors (Lipinski definition) is 2. The van der Waals surface area contributed by atoms with Gasteiger partial charge in [-0.05, 0) is 49.9 Å². The van der Waals surface area contributed by atoms with Gasteiger partial charge in [-0.1, -0.05) is 42.0 Å². The van der Waals surface area contributed by atoms with Gasteiger partial charge in [-0.2, -0.15) is 0 Å². The molecule has 1 heterocycles. The van der Waals surface area contributed by atoms with E-state index in [4.69, 9.17) is 0 Å². The van der Waals surface area contributed by atoms with Crippen molar-refractivity contribution in [1.29, 1.82) is 0 Å². The maximum atomic E-state index is 12.9. The van der Waals surface area contributed by atoms with E-state index in [0.29, 0.717) is 37.9 Å². The Morgan fingerprint density at radius 2 is 1.65 bits per heavy atom. The molecule has 0 saturated carbocycles. The Bertz CT molecular complexity index is 931. The summed E-state index contributed by atoms with van der Waals surface area (Å²) in [5, 5.41) is 5.86. The molecule has 3 rings (SSSR count). The SMILES string of the molecule is CC(=O)N[C@@H](Cc1ccccc1C)C(=O)NC1CCN(C(=O)c2ccc(C)cc2)CC1. The van der Waals surface area contributed by atoms with Crippen molar-refractivity contribution < 1.29 is 14.4 Å². The first-order valence-electron chi connectivity index (χ1n) is 10.8. The number of benzene rings is 2. The minimum Gasteiger partial charge on any atom is -0.351 e. The Labute approximate surface area is 184 Å². The predicted molar refractivity (Wildman–Crippen MR) is 121 cm³/mol. The van der Waals surface area contributed by atoms with Crippen molar-refractivity contribution in [3.8, 4) is 0 Å². The summed E-state index contributed by atoms with van der Waals surface area (Å²) < 4.78 is 0. The highest BCUT2D eigenvalue weighted by Crippen LogP contribution is 2.16. The van der Waals surface area contributed by atoms with Gasteiger partial charge in [0.15, 0.2) is 0 Å². The van der Waals surface area contributed by atoms with Gasteiger partial charge in [0.2, 0.25) is 11.8 Å². The lowest BCUT2D eigenvalue weighted by atomic mass is 9.99. The quantitative estimate of drug-likeness (QED) is 0.753. The Kier molecular flexibility index (Phi) is 7.45. The lowest BCUT2D eigenvalue weighted by molar-refractivity contribution is -0.128. The first-order chi connectivity index (χ1) is 14.8. The molecule has 1 atom stereocenters. The van der Waals surface area contributed by atoms with Crippen LogP contribution in [0.15, 0.2) is 48.5 Å². The Morgan fingerprint density at radius 3 is 2.26 bits per heavy atom. The molecule has 0 radical (unpaired) electrons. The van der Waals surface area contributed by atoms with E-state index in [0.717, 1.165) is 16.7 Å². The Morgan fingerprint density at radius 1 is 1.00 bits per heavy atom.